The van der Waals surface area contributed by atoms with Crippen molar-refractivity contribution in [1.82, 2.24) is 0 Å². The second-order valence-corrected chi connectivity index (χ2v) is 4.54. The molecule has 0 fully saturated rings. The molecule has 2 aromatic rings. The Kier molecular flexibility index (Phi) is 5.07. The molecule has 2 aromatic carbocycles. The van der Waals surface area contributed by atoms with Crippen LogP contribution in [0.4, 0.5) is 5.69 Å². The number of rotatable bonds is 6. The Morgan fingerprint density at radius 3 is 2.63 bits per heavy atom. The second kappa shape index (κ2) is 7.02. The van der Waals surface area contributed by atoms with E-state index in [9.17, 15) is 0 Å². The molecule has 0 heterocycles. The third-order valence-electron chi connectivity index (χ3n) is 2.51. The Morgan fingerprint density at radius 2 is 1.84 bits per heavy atom. The van der Waals surface area contributed by atoms with E-state index in [1.54, 1.807) is 6.07 Å². The molecule has 0 amide bonds. The van der Waals surface area contributed by atoms with Crippen LogP contribution in [0, 0.1) is 0 Å². The lowest BCUT2D eigenvalue weighted by molar-refractivity contribution is 0.0889. The number of halogens is 1. The fourth-order valence-corrected chi connectivity index (χ4v) is 1.85. The number of nitrogen functional groups attached to an aromatic ring is 1. The molecule has 2 N–H and O–H groups in total. The first-order valence-corrected chi connectivity index (χ1v) is 6.42. The third kappa shape index (κ3) is 4.81. The third-order valence-corrected chi connectivity index (χ3v) is 2.75. The molecule has 0 unspecified atom stereocenters. The highest BCUT2D eigenvalue weighted by molar-refractivity contribution is 6.30. The zero-order chi connectivity index (χ0) is 13.5. The molecule has 0 spiro atoms. The lowest BCUT2D eigenvalue weighted by Crippen LogP contribution is -2.06. The van der Waals surface area contributed by atoms with Crippen LogP contribution in [0.25, 0.3) is 0 Å². The normalized spacial score (nSPS) is 10.4. The van der Waals surface area contributed by atoms with Gasteiger partial charge in [-0.1, -0.05) is 29.8 Å². The average Bonchev–Trinajstić information content (AvgIpc) is 2.38. The molecular formula is C15H16ClNO2. The van der Waals surface area contributed by atoms with Crippen LogP contribution in [0.1, 0.15) is 5.56 Å². The molecule has 0 aliphatic carbocycles. The van der Waals surface area contributed by atoms with E-state index in [-0.39, 0.29) is 0 Å². The van der Waals surface area contributed by atoms with E-state index in [2.05, 4.69) is 0 Å². The Balaban J connectivity index is 1.67. The van der Waals surface area contributed by atoms with E-state index in [0.717, 1.165) is 16.3 Å². The van der Waals surface area contributed by atoms with Gasteiger partial charge in [-0.2, -0.15) is 0 Å². The standard InChI is InChI=1S/C15H16ClNO2/c16-13-4-1-3-12(9-13)11-18-7-8-19-15-6-2-5-14(17)10-15/h1-6,9-10H,7-8,11,17H2. The van der Waals surface area contributed by atoms with Crippen molar-refractivity contribution >= 4 is 17.3 Å². The first kappa shape index (κ1) is 13.7. The van der Waals surface area contributed by atoms with Gasteiger partial charge in [0.25, 0.3) is 0 Å². The highest BCUT2D eigenvalue weighted by atomic mass is 35.5. The summed E-state index contributed by atoms with van der Waals surface area (Å²) in [5, 5.41) is 0.720. The van der Waals surface area contributed by atoms with Gasteiger partial charge in [-0.25, -0.2) is 0 Å². The summed E-state index contributed by atoms with van der Waals surface area (Å²) in [6, 6.07) is 15.0. The fourth-order valence-electron chi connectivity index (χ4n) is 1.64. The first-order chi connectivity index (χ1) is 9.24. The summed E-state index contributed by atoms with van der Waals surface area (Å²) in [5.41, 5.74) is 7.40. The topological polar surface area (TPSA) is 44.5 Å². The van der Waals surface area contributed by atoms with Gasteiger partial charge in [0.15, 0.2) is 0 Å². The van der Waals surface area contributed by atoms with Gasteiger partial charge in [0.05, 0.1) is 13.2 Å². The van der Waals surface area contributed by atoms with E-state index in [1.807, 2.05) is 42.5 Å². The zero-order valence-electron chi connectivity index (χ0n) is 10.5. The molecular weight excluding hydrogens is 262 g/mol. The Bertz CT molecular complexity index is 484. The number of hydrogen-bond acceptors (Lipinski definition) is 3. The van der Waals surface area contributed by atoms with Crippen LogP contribution in [0.15, 0.2) is 48.5 Å². The lowest BCUT2D eigenvalue weighted by atomic mass is 10.2. The van der Waals surface area contributed by atoms with Gasteiger partial charge in [-0.05, 0) is 29.8 Å². The first-order valence-electron chi connectivity index (χ1n) is 6.04. The summed E-state index contributed by atoms with van der Waals surface area (Å²) in [4.78, 5) is 0. The molecule has 0 saturated heterocycles. The lowest BCUT2D eigenvalue weighted by Gasteiger charge is -2.08. The molecule has 0 aliphatic rings. The van der Waals surface area contributed by atoms with Gasteiger partial charge < -0.3 is 15.2 Å². The number of anilines is 1. The van der Waals surface area contributed by atoms with E-state index >= 15 is 0 Å². The molecule has 0 radical (unpaired) electrons. The van der Waals surface area contributed by atoms with E-state index < -0.39 is 0 Å². The minimum Gasteiger partial charge on any atom is -0.491 e. The number of ether oxygens (including phenoxy) is 2. The highest BCUT2D eigenvalue weighted by Gasteiger charge is 1.96. The van der Waals surface area contributed by atoms with Crippen LogP contribution in [0.5, 0.6) is 5.75 Å². The fraction of sp³-hybridized carbons (Fsp3) is 0.200. The predicted octanol–water partition coefficient (Wildman–Crippen LogP) is 3.52. The minimum atomic E-state index is 0.490. The van der Waals surface area contributed by atoms with Crippen molar-refractivity contribution < 1.29 is 9.47 Å². The van der Waals surface area contributed by atoms with Crippen LogP contribution in [-0.4, -0.2) is 13.2 Å². The molecule has 0 bridgehead atoms. The maximum atomic E-state index is 5.89. The second-order valence-electron chi connectivity index (χ2n) is 4.10. The summed E-state index contributed by atoms with van der Waals surface area (Å²) in [7, 11) is 0. The molecule has 100 valence electrons. The molecule has 4 heteroatoms. The van der Waals surface area contributed by atoms with Crippen molar-refractivity contribution in [3.05, 3.63) is 59.1 Å². The monoisotopic (exact) mass is 277 g/mol. The molecule has 3 nitrogen and oxygen atoms in total. The van der Waals surface area contributed by atoms with Crippen LogP contribution >= 0.6 is 11.6 Å². The van der Waals surface area contributed by atoms with Gasteiger partial charge in [0.2, 0.25) is 0 Å². The van der Waals surface area contributed by atoms with Gasteiger partial charge in [-0.3, -0.25) is 0 Å². The van der Waals surface area contributed by atoms with Gasteiger partial charge in [-0.15, -0.1) is 0 Å². The quantitative estimate of drug-likeness (QED) is 0.649. The van der Waals surface area contributed by atoms with Crippen LogP contribution in [-0.2, 0) is 11.3 Å². The van der Waals surface area contributed by atoms with Crippen LogP contribution in [0.3, 0.4) is 0 Å². The summed E-state index contributed by atoms with van der Waals surface area (Å²) >= 11 is 5.89. The predicted molar refractivity (Wildman–Crippen MR) is 77.5 cm³/mol. The van der Waals surface area contributed by atoms with Crippen molar-refractivity contribution in [1.29, 1.82) is 0 Å². The van der Waals surface area contributed by atoms with E-state index in [0.29, 0.717) is 25.5 Å². The summed E-state index contributed by atoms with van der Waals surface area (Å²) in [6.07, 6.45) is 0. The van der Waals surface area contributed by atoms with Crippen molar-refractivity contribution in [2.45, 2.75) is 6.61 Å². The largest absolute Gasteiger partial charge is 0.491 e. The summed E-state index contributed by atoms with van der Waals surface area (Å²) < 4.78 is 11.0. The van der Waals surface area contributed by atoms with Crippen molar-refractivity contribution in [2.24, 2.45) is 0 Å². The molecule has 2 rings (SSSR count). The number of benzene rings is 2. The van der Waals surface area contributed by atoms with Crippen molar-refractivity contribution in [2.75, 3.05) is 18.9 Å². The molecule has 0 atom stereocenters. The summed E-state index contributed by atoms with van der Waals surface area (Å²) in [6.45, 7) is 1.53. The molecule has 19 heavy (non-hydrogen) atoms. The molecule has 0 saturated carbocycles. The van der Waals surface area contributed by atoms with Crippen LogP contribution < -0.4 is 10.5 Å². The van der Waals surface area contributed by atoms with E-state index in [1.165, 1.54) is 0 Å². The van der Waals surface area contributed by atoms with Crippen molar-refractivity contribution in [3.63, 3.8) is 0 Å². The zero-order valence-corrected chi connectivity index (χ0v) is 11.3. The van der Waals surface area contributed by atoms with Crippen LogP contribution in [0.2, 0.25) is 5.02 Å². The summed E-state index contributed by atoms with van der Waals surface area (Å²) in [5.74, 6) is 0.756. The number of nitrogens with two attached hydrogens (primary N) is 1. The average molecular weight is 278 g/mol. The Hall–Kier alpha value is -1.71. The smallest absolute Gasteiger partial charge is 0.121 e. The van der Waals surface area contributed by atoms with Gasteiger partial charge in [0.1, 0.15) is 12.4 Å². The maximum absolute atomic E-state index is 5.89. The van der Waals surface area contributed by atoms with E-state index in [4.69, 9.17) is 26.8 Å². The molecule has 0 aliphatic heterocycles. The Morgan fingerprint density at radius 1 is 1.00 bits per heavy atom. The SMILES string of the molecule is Nc1cccc(OCCOCc2cccc(Cl)c2)c1. The van der Waals surface area contributed by atoms with Gasteiger partial charge in [0, 0.05) is 16.8 Å². The number of hydrogen-bond donors (Lipinski definition) is 1. The Labute approximate surface area is 117 Å². The van der Waals surface area contributed by atoms with Gasteiger partial charge >= 0.3 is 0 Å². The minimum absolute atomic E-state index is 0.490. The van der Waals surface area contributed by atoms with Crippen molar-refractivity contribution in [3.8, 4) is 5.75 Å². The molecule has 0 aromatic heterocycles. The maximum Gasteiger partial charge on any atom is 0.121 e. The highest BCUT2D eigenvalue weighted by Crippen LogP contribution is 2.14.